The molecule has 2 heterocycles. The Morgan fingerprint density at radius 2 is 2.07 bits per heavy atom. The molecule has 0 saturated carbocycles. The zero-order chi connectivity index (χ0) is 10.6. The Hall–Kier alpha value is -1.06. The number of cyclic esters (lactones) is 2. The molecule has 0 N–H and O–H groups in total. The van der Waals surface area contributed by atoms with Gasteiger partial charge in [0.15, 0.2) is 0 Å². The molecule has 2 fully saturated rings. The van der Waals surface area contributed by atoms with E-state index in [4.69, 9.17) is 0 Å². The molecule has 0 aromatic rings. The van der Waals surface area contributed by atoms with Crippen LogP contribution in [0.2, 0.25) is 0 Å². The van der Waals surface area contributed by atoms with Crippen LogP contribution < -0.4 is 0 Å². The third-order valence-electron chi connectivity index (χ3n) is 2.35. The van der Waals surface area contributed by atoms with E-state index in [0.29, 0.717) is 13.0 Å². The van der Waals surface area contributed by atoms with Gasteiger partial charge in [0.2, 0.25) is 0 Å². The molecule has 2 aliphatic heterocycles. The monoisotopic (exact) mass is 200 g/mol. The highest BCUT2D eigenvalue weighted by Gasteiger charge is 2.25. The van der Waals surface area contributed by atoms with Gasteiger partial charge < -0.3 is 9.47 Å². The molecule has 0 bridgehead atoms. The van der Waals surface area contributed by atoms with E-state index in [1.807, 2.05) is 13.8 Å². The Bertz CT molecular complexity index is 216. The lowest BCUT2D eigenvalue weighted by molar-refractivity contribution is -0.169. The normalized spacial score (nSPS) is 29.6. The lowest BCUT2D eigenvalue weighted by Crippen LogP contribution is -2.31. The van der Waals surface area contributed by atoms with E-state index in [1.54, 1.807) is 0 Å². The van der Waals surface area contributed by atoms with E-state index in [2.05, 4.69) is 9.47 Å². The van der Waals surface area contributed by atoms with E-state index in [-0.39, 0.29) is 24.0 Å². The lowest BCUT2D eigenvalue weighted by Gasteiger charge is -2.23. The maximum Gasteiger partial charge on any atom is 0.309 e. The molecule has 0 spiro atoms. The topological polar surface area (TPSA) is 52.6 Å². The van der Waals surface area contributed by atoms with Gasteiger partial charge in [0.05, 0.1) is 18.9 Å². The minimum atomic E-state index is -0.0492. The maximum atomic E-state index is 10.4. The van der Waals surface area contributed by atoms with Gasteiger partial charge in [0, 0.05) is 0 Å². The smallest absolute Gasteiger partial charge is 0.309 e. The summed E-state index contributed by atoms with van der Waals surface area (Å²) in [6.45, 7) is 4.52. The van der Waals surface area contributed by atoms with Crippen molar-refractivity contribution in [3.05, 3.63) is 0 Å². The van der Waals surface area contributed by atoms with Crippen molar-refractivity contribution in [2.45, 2.75) is 39.2 Å². The van der Waals surface area contributed by atoms with E-state index in [1.165, 1.54) is 0 Å². The van der Waals surface area contributed by atoms with Crippen LogP contribution in [0.15, 0.2) is 0 Å². The molecule has 2 unspecified atom stereocenters. The predicted molar refractivity (Wildman–Crippen MR) is 49.5 cm³/mol. The summed E-state index contributed by atoms with van der Waals surface area (Å²) < 4.78 is 9.28. The van der Waals surface area contributed by atoms with Crippen molar-refractivity contribution < 1.29 is 19.1 Å². The van der Waals surface area contributed by atoms with Gasteiger partial charge in [-0.15, -0.1) is 0 Å². The Balaban J connectivity index is 0.000000140. The summed E-state index contributed by atoms with van der Waals surface area (Å²) in [5, 5.41) is 0. The SMILES string of the molecule is CC1CCOC1=O.CCC1CC(=O)O1. The number of rotatable bonds is 1. The molecule has 0 aliphatic carbocycles. The lowest BCUT2D eigenvalue weighted by atomic mass is 10.1. The number of hydrogen-bond acceptors (Lipinski definition) is 4. The Morgan fingerprint density at radius 1 is 1.43 bits per heavy atom. The van der Waals surface area contributed by atoms with E-state index in [9.17, 15) is 9.59 Å². The van der Waals surface area contributed by atoms with Gasteiger partial charge in [-0.2, -0.15) is 0 Å². The van der Waals surface area contributed by atoms with Gasteiger partial charge in [-0.3, -0.25) is 9.59 Å². The van der Waals surface area contributed by atoms with Gasteiger partial charge >= 0.3 is 11.9 Å². The van der Waals surface area contributed by atoms with Gasteiger partial charge in [0.25, 0.3) is 0 Å². The van der Waals surface area contributed by atoms with E-state index >= 15 is 0 Å². The van der Waals surface area contributed by atoms with Crippen molar-refractivity contribution in [2.24, 2.45) is 5.92 Å². The average molecular weight is 200 g/mol. The van der Waals surface area contributed by atoms with Crippen molar-refractivity contribution >= 4 is 11.9 Å². The predicted octanol–water partition coefficient (Wildman–Crippen LogP) is 1.28. The Labute approximate surface area is 83.6 Å². The highest BCUT2D eigenvalue weighted by atomic mass is 16.6. The van der Waals surface area contributed by atoms with Crippen molar-refractivity contribution in [1.29, 1.82) is 0 Å². The first-order valence-electron chi connectivity index (χ1n) is 4.99. The molecule has 0 amide bonds. The second-order valence-corrected chi connectivity index (χ2v) is 3.58. The highest BCUT2D eigenvalue weighted by Crippen LogP contribution is 2.15. The fraction of sp³-hybridized carbons (Fsp3) is 0.800. The third kappa shape index (κ3) is 3.01. The van der Waals surface area contributed by atoms with Crippen LogP contribution in [0.5, 0.6) is 0 Å². The van der Waals surface area contributed by atoms with E-state index in [0.717, 1.165) is 12.8 Å². The van der Waals surface area contributed by atoms with Crippen LogP contribution in [0, 0.1) is 5.92 Å². The average Bonchev–Trinajstić information content (AvgIpc) is 2.47. The second kappa shape index (κ2) is 4.98. The van der Waals surface area contributed by atoms with Gasteiger partial charge in [-0.1, -0.05) is 13.8 Å². The number of carbonyl (C=O) groups excluding carboxylic acids is 2. The molecule has 2 saturated heterocycles. The minimum absolute atomic E-state index is 0.0417. The van der Waals surface area contributed by atoms with Crippen LogP contribution in [0.1, 0.15) is 33.1 Å². The fourth-order valence-corrected chi connectivity index (χ4v) is 1.19. The summed E-state index contributed by atoms with van der Waals surface area (Å²) in [5.41, 5.74) is 0. The van der Waals surface area contributed by atoms with Crippen LogP contribution in [0.4, 0.5) is 0 Å². The summed E-state index contributed by atoms with van der Waals surface area (Å²) in [6.07, 6.45) is 2.74. The number of carbonyl (C=O) groups is 2. The largest absolute Gasteiger partial charge is 0.465 e. The minimum Gasteiger partial charge on any atom is -0.465 e. The first kappa shape index (κ1) is 11.0. The van der Waals surface area contributed by atoms with Crippen molar-refractivity contribution in [1.82, 2.24) is 0 Å². The molecule has 2 rings (SSSR count). The van der Waals surface area contributed by atoms with Gasteiger partial charge in [0.1, 0.15) is 6.10 Å². The molecule has 14 heavy (non-hydrogen) atoms. The molecule has 4 nitrogen and oxygen atoms in total. The number of ether oxygens (including phenoxy) is 2. The number of hydrogen-bond donors (Lipinski definition) is 0. The number of esters is 2. The standard InChI is InChI=1S/2C5H8O2/c1-4-2-3-7-5(4)6;1-2-4-3-5(6)7-4/h2*4H,2-3H2,1H3. The molecule has 80 valence electrons. The summed E-state index contributed by atoms with van der Waals surface area (Å²) in [7, 11) is 0. The molecule has 0 radical (unpaired) electrons. The molecule has 4 heteroatoms. The van der Waals surface area contributed by atoms with Gasteiger partial charge in [-0.25, -0.2) is 0 Å². The summed E-state index contributed by atoms with van der Waals surface area (Å²) in [6, 6.07) is 0. The quantitative estimate of drug-likeness (QED) is 0.598. The van der Waals surface area contributed by atoms with Gasteiger partial charge in [-0.05, 0) is 12.8 Å². The van der Waals surface area contributed by atoms with Crippen LogP contribution in [-0.2, 0) is 19.1 Å². The second-order valence-electron chi connectivity index (χ2n) is 3.58. The first-order chi connectivity index (χ1) is 6.63. The molecular formula is C10H16O4. The first-order valence-corrected chi connectivity index (χ1v) is 4.99. The molecular weight excluding hydrogens is 184 g/mol. The highest BCUT2D eigenvalue weighted by molar-refractivity contribution is 5.75. The van der Waals surface area contributed by atoms with Crippen LogP contribution in [0.25, 0.3) is 0 Å². The molecule has 2 atom stereocenters. The van der Waals surface area contributed by atoms with Crippen LogP contribution in [0.3, 0.4) is 0 Å². The zero-order valence-corrected chi connectivity index (χ0v) is 8.62. The summed E-state index contributed by atoms with van der Waals surface area (Å²) in [5.74, 6) is 0.0619. The van der Waals surface area contributed by atoms with Crippen molar-refractivity contribution in [2.75, 3.05) is 6.61 Å². The Kier molecular flexibility index (Phi) is 3.92. The maximum absolute atomic E-state index is 10.4. The molecule has 0 aromatic heterocycles. The van der Waals surface area contributed by atoms with Crippen LogP contribution >= 0.6 is 0 Å². The fourth-order valence-electron chi connectivity index (χ4n) is 1.19. The molecule has 2 aliphatic rings. The summed E-state index contributed by atoms with van der Waals surface area (Å²) >= 11 is 0. The third-order valence-corrected chi connectivity index (χ3v) is 2.35. The van der Waals surface area contributed by atoms with E-state index < -0.39 is 0 Å². The summed E-state index contributed by atoms with van der Waals surface area (Å²) in [4.78, 5) is 20.4. The Morgan fingerprint density at radius 3 is 2.21 bits per heavy atom. The van der Waals surface area contributed by atoms with Crippen molar-refractivity contribution in [3.8, 4) is 0 Å². The van der Waals surface area contributed by atoms with Crippen molar-refractivity contribution in [3.63, 3.8) is 0 Å². The molecule has 0 aromatic carbocycles. The van der Waals surface area contributed by atoms with Crippen LogP contribution in [-0.4, -0.2) is 24.6 Å². The zero-order valence-electron chi connectivity index (χ0n) is 8.62.